The Morgan fingerprint density at radius 2 is 0.532 bits per heavy atom. The third-order valence-corrected chi connectivity index (χ3v) is 20.4. The van der Waals surface area contributed by atoms with Gasteiger partial charge in [0.2, 0.25) is 0 Å². The zero-order chi connectivity index (χ0) is 62.1. The summed E-state index contributed by atoms with van der Waals surface area (Å²) in [5.41, 5.74) is 27.4. The van der Waals surface area contributed by atoms with Crippen molar-refractivity contribution in [3.63, 3.8) is 0 Å². The first-order valence-corrected chi connectivity index (χ1v) is 33.0. The number of nitrogens with zero attached hydrogens (tertiary/aromatic N) is 5. The minimum atomic E-state index is 0.527. The van der Waals surface area contributed by atoms with Gasteiger partial charge in [0.25, 0.3) is 0 Å². The van der Waals surface area contributed by atoms with E-state index in [9.17, 15) is 0 Å². The summed E-state index contributed by atoms with van der Waals surface area (Å²) < 4.78 is 12.1. The summed E-state index contributed by atoms with van der Waals surface area (Å²) in [4.78, 5) is 0. The lowest BCUT2D eigenvalue weighted by Crippen LogP contribution is -2.12. The first-order valence-electron chi connectivity index (χ1n) is 33.0. The fraction of sp³-hybridized carbons (Fsp3) is 0.0562. The Labute approximate surface area is 544 Å². The third kappa shape index (κ3) is 8.27. The molecule has 0 bridgehead atoms. The number of aromatic nitrogens is 5. The Kier molecular flexibility index (Phi) is 12.2. The summed E-state index contributed by atoms with van der Waals surface area (Å²) in [7, 11) is 0. The van der Waals surface area contributed by atoms with Gasteiger partial charge in [-0.05, 0) is 180 Å². The number of rotatable bonds is 7. The molecule has 20 rings (SSSR count). The Hall–Kier alpha value is -11.9. The number of para-hydroxylation sites is 8. The van der Waals surface area contributed by atoms with Gasteiger partial charge < -0.3 is 22.8 Å². The van der Waals surface area contributed by atoms with Crippen molar-refractivity contribution in [3.05, 3.63) is 332 Å². The van der Waals surface area contributed by atoms with Crippen LogP contribution in [0.3, 0.4) is 0 Å². The standard InChI is InChI=1S/C49H33N3.C40H30N2/c1-32-18-20-33(21-19-32)34-22-24-35(25-23-34)50-48-28-26-36(51-44-14-6-2-10-38(44)39-11-3-7-15-45(39)51)30-42(48)43-31-37(27-29-49(43)50)52-46-16-8-4-12-40(46)41-13-5-9-17-47(41)52;1-2-26-23-27-19-20-28(41-37-15-7-3-11-31(37)32-12-4-8-16-38(32)41)24-35(27)36-25-29(21-22-30(26)36)42-39-17-9-5-13-33(39)34-14-6-10-18-40(34)42/h2-31H,1H3;3-22,24-26H,2,23H2,1H3. The molecule has 1 aliphatic carbocycles. The summed E-state index contributed by atoms with van der Waals surface area (Å²) in [6.45, 7) is 4.46. The van der Waals surface area contributed by atoms with Crippen molar-refractivity contribution in [2.24, 2.45) is 0 Å². The Balaban J connectivity index is 0.000000137. The van der Waals surface area contributed by atoms with Gasteiger partial charge in [-0.1, -0.05) is 207 Å². The quantitative estimate of drug-likeness (QED) is 0.152. The van der Waals surface area contributed by atoms with Crippen LogP contribution in [-0.2, 0) is 6.42 Å². The second-order valence-corrected chi connectivity index (χ2v) is 25.6. The number of aryl methyl sites for hydroxylation is 1. The van der Waals surface area contributed by atoms with Crippen molar-refractivity contribution in [1.29, 1.82) is 0 Å². The van der Waals surface area contributed by atoms with Crippen molar-refractivity contribution >= 4 is 109 Å². The number of fused-ring (bicyclic) bond motifs is 18. The lowest BCUT2D eigenvalue weighted by atomic mass is 9.77. The largest absolute Gasteiger partial charge is 0.309 e. The highest BCUT2D eigenvalue weighted by Crippen LogP contribution is 2.46. The molecule has 19 aromatic rings. The van der Waals surface area contributed by atoms with Gasteiger partial charge in [-0.15, -0.1) is 0 Å². The molecule has 0 saturated carbocycles. The van der Waals surface area contributed by atoms with Gasteiger partial charge >= 0.3 is 0 Å². The zero-order valence-electron chi connectivity index (χ0n) is 52.2. The Morgan fingerprint density at radius 3 is 0.894 bits per heavy atom. The normalized spacial score (nSPS) is 13.1. The highest BCUT2D eigenvalue weighted by molar-refractivity contribution is 6.15. The average molecular weight is 1200 g/mol. The summed E-state index contributed by atoms with van der Waals surface area (Å²) in [6, 6.07) is 116. The van der Waals surface area contributed by atoms with E-state index in [4.69, 9.17) is 0 Å². The third-order valence-electron chi connectivity index (χ3n) is 20.4. The molecule has 0 saturated heterocycles. The molecule has 5 aromatic heterocycles. The molecular formula is C89H63N5. The predicted molar refractivity (Wildman–Crippen MR) is 397 cm³/mol. The summed E-state index contributed by atoms with van der Waals surface area (Å²) >= 11 is 0. The second kappa shape index (κ2) is 21.3. The van der Waals surface area contributed by atoms with Crippen molar-refractivity contribution in [2.45, 2.75) is 32.6 Å². The van der Waals surface area contributed by atoms with Gasteiger partial charge in [0, 0.05) is 82.3 Å². The summed E-state index contributed by atoms with van der Waals surface area (Å²) in [5.74, 6) is 0.527. The first-order chi connectivity index (χ1) is 46.5. The van der Waals surface area contributed by atoms with Crippen molar-refractivity contribution < 1.29 is 0 Å². The molecule has 0 fully saturated rings. The fourth-order valence-electron chi connectivity index (χ4n) is 16.1. The molecule has 0 spiro atoms. The van der Waals surface area contributed by atoms with Gasteiger partial charge in [0.05, 0.1) is 55.2 Å². The molecule has 1 atom stereocenters. The van der Waals surface area contributed by atoms with Crippen LogP contribution in [-0.4, -0.2) is 22.8 Å². The highest BCUT2D eigenvalue weighted by atomic mass is 15.0. The Bertz CT molecular complexity index is 5870. The van der Waals surface area contributed by atoms with E-state index in [1.54, 1.807) is 0 Å². The smallest absolute Gasteiger partial charge is 0.0542 e. The molecule has 0 radical (unpaired) electrons. The zero-order valence-corrected chi connectivity index (χ0v) is 52.2. The van der Waals surface area contributed by atoms with Crippen molar-refractivity contribution in [2.75, 3.05) is 0 Å². The molecule has 0 amide bonds. The molecule has 1 aliphatic rings. The molecule has 1 unspecified atom stereocenters. The van der Waals surface area contributed by atoms with Crippen molar-refractivity contribution in [3.8, 4) is 50.7 Å². The van der Waals surface area contributed by atoms with Crippen LogP contribution < -0.4 is 0 Å². The van der Waals surface area contributed by atoms with E-state index in [-0.39, 0.29) is 0 Å². The van der Waals surface area contributed by atoms with Crippen LogP contribution in [0.2, 0.25) is 0 Å². The van der Waals surface area contributed by atoms with Gasteiger partial charge in [-0.25, -0.2) is 0 Å². The second-order valence-electron chi connectivity index (χ2n) is 25.6. The molecule has 14 aromatic carbocycles. The Morgan fingerprint density at radius 1 is 0.255 bits per heavy atom. The minimum absolute atomic E-state index is 0.527. The van der Waals surface area contributed by atoms with E-state index in [1.165, 1.54) is 159 Å². The van der Waals surface area contributed by atoms with Gasteiger partial charge in [-0.3, -0.25) is 0 Å². The monoisotopic (exact) mass is 1200 g/mol. The molecule has 5 nitrogen and oxygen atoms in total. The number of benzene rings is 14. The topological polar surface area (TPSA) is 24.6 Å². The van der Waals surface area contributed by atoms with E-state index >= 15 is 0 Å². The van der Waals surface area contributed by atoms with Crippen LogP contribution in [0.15, 0.2) is 315 Å². The van der Waals surface area contributed by atoms with Crippen LogP contribution in [0.5, 0.6) is 0 Å². The molecular weight excluding hydrogens is 1140 g/mol. The van der Waals surface area contributed by atoms with E-state index in [1.807, 2.05) is 0 Å². The van der Waals surface area contributed by atoms with Crippen LogP contribution in [0, 0.1) is 6.92 Å². The van der Waals surface area contributed by atoms with Crippen LogP contribution in [0.1, 0.15) is 36.0 Å². The van der Waals surface area contributed by atoms with E-state index in [0.29, 0.717) is 5.92 Å². The van der Waals surface area contributed by atoms with Gasteiger partial charge in [0.1, 0.15) is 0 Å². The summed E-state index contributed by atoms with van der Waals surface area (Å²) in [5, 5.41) is 12.7. The minimum Gasteiger partial charge on any atom is -0.309 e. The molecule has 444 valence electrons. The molecule has 0 N–H and O–H groups in total. The fourth-order valence-corrected chi connectivity index (χ4v) is 16.1. The predicted octanol–water partition coefficient (Wildman–Crippen LogP) is 23.6. The SMILES string of the molecule is CCC1Cc2ccc(-n3c4ccccc4c4ccccc43)cc2-c2cc(-n3c4ccccc4c4ccccc43)ccc21.Cc1ccc(-c2ccc(-n3c4ccc(-n5c6ccccc6c6ccccc65)cc4c4cc(-n5c6ccccc6c6ccccc65)ccc43)cc2)cc1. The van der Waals surface area contributed by atoms with Gasteiger partial charge in [-0.2, -0.15) is 0 Å². The number of hydrogen-bond donors (Lipinski definition) is 0. The van der Waals surface area contributed by atoms with E-state index < -0.39 is 0 Å². The molecule has 0 aliphatic heterocycles. The average Bonchev–Trinajstić information content (AvgIpc) is 1.54. The molecule has 5 heteroatoms. The van der Waals surface area contributed by atoms with E-state index in [2.05, 4.69) is 352 Å². The van der Waals surface area contributed by atoms with Gasteiger partial charge in [0.15, 0.2) is 0 Å². The number of hydrogen-bond acceptors (Lipinski definition) is 0. The van der Waals surface area contributed by atoms with Crippen molar-refractivity contribution in [1.82, 2.24) is 22.8 Å². The maximum atomic E-state index is 2.45. The lowest BCUT2D eigenvalue weighted by Gasteiger charge is -2.28. The maximum absolute atomic E-state index is 2.45. The maximum Gasteiger partial charge on any atom is 0.0542 e. The van der Waals surface area contributed by atoms with Crippen LogP contribution >= 0.6 is 0 Å². The van der Waals surface area contributed by atoms with E-state index in [0.717, 1.165) is 29.9 Å². The highest BCUT2D eigenvalue weighted by Gasteiger charge is 2.27. The lowest BCUT2D eigenvalue weighted by molar-refractivity contribution is 0.653. The molecule has 94 heavy (non-hydrogen) atoms. The van der Waals surface area contributed by atoms with Crippen LogP contribution in [0.4, 0.5) is 0 Å². The first kappa shape index (κ1) is 53.9. The summed E-state index contributed by atoms with van der Waals surface area (Å²) in [6.07, 6.45) is 2.22. The van der Waals surface area contributed by atoms with Crippen LogP contribution in [0.25, 0.3) is 160 Å². The molecule has 5 heterocycles.